The summed E-state index contributed by atoms with van der Waals surface area (Å²) in [7, 11) is -3.57. The zero-order valence-corrected chi connectivity index (χ0v) is 14.3. The Morgan fingerprint density at radius 1 is 1.04 bits per heavy atom. The van der Waals surface area contributed by atoms with E-state index in [1.165, 1.54) is 11.3 Å². The third-order valence-electron chi connectivity index (χ3n) is 3.21. The lowest BCUT2D eigenvalue weighted by Crippen LogP contribution is -2.07. The number of anilines is 1. The molecule has 1 aromatic heterocycles. The van der Waals surface area contributed by atoms with Gasteiger partial charge in [-0.2, -0.15) is 0 Å². The maximum atomic E-state index is 12.8. The highest BCUT2D eigenvalue weighted by molar-refractivity contribution is 7.91. The highest BCUT2D eigenvalue weighted by atomic mass is 35.5. The van der Waals surface area contributed by atoms with Gasteiger partial charge in [0.05, 0.1) is 22.0 Å². The van der Waals surface area contributed by atoms with Gasteiger partial charge in [0.15, 0.2) is 4.47 Å². The van der Waals surface area contributed by atoms with E-state index < -0.39 is 9.84 Å². The number of sulfone groups is 1. The molecule has 0 atom stereocenters. The van der Waals surface area contributed by atoms with Gasteiger partial charge in [0.2, 0.25) is 9.84 Å². The van der Waals surface area contributed by atoms with Crippen molar-refractivity contribution in [2.45, 2.75) is 16.3 Å². The van der Waals surface area contributed by atoms with Gasteiger partial charge in [-0.05, 0) is 24.3 Å². The van der Waals surface area contributed by atoms with Crippen LogP contribution in [0, 0.1) is 0 Å². The van der Waals surface area contributed by atoms with Crippen molar-refractivity contribution in [1.82, 2.24) is 4.98 Å². The van der Waals surface area contributed by atoms with Crippen LogP contribution in [-0.4, -0.2) is 13.4 Å². The number of benzene rings is 2. The maximum absolute atomic E-state index is 12.8. The molecule has 0 spiro atoms. The highest BCUT2D eigenvalue weighted by Crippen LogP contribution is 2.28. The van der Waals surface area contributed by atoms with Crippen molar-refractivity contribution in [2.75, 3.05) is 5.32 Å². The van der Waals surface area contributed by atoms with E-state index in [1.54, 1.807) is 60.8 Å². The number of rotatable bonds is 5. The van der Waals surface area contributed by atoms with Crippen LogP contribution < -0.4 is 5.32 Å². The molecular formula is C16H13ClN2O2S2. The number of hydrogen-bond acceptors (Lipinski definition) is 5. The number of hydrogen-bond donors (Lipinski definition) is 1. The standard InChI is InChI=1S/C16H13ClN2O2S2/c17-16-19-11-12(22-16)10-18-14-8-4-5-9-15(14)23(20,21)13-6-2-1-3-7-13/h1-9,11,18H,10H2. The molecule has 0 aliphatic carbocycles. The normalized spacial score (nSPS) is 11.3. The molecule has 0 amide bonds. The lowest BCUT2D eigenvalue weighted by atomic mass is 10.3. The van der Waals surface area contributed by atoms with Gasteiger partial charge in [-0.25, -0.2) is 13.4 Å². The molecule has 0 saturated carbocycles. The SMILES string of the molecule is O=S(=O)(c1ccccc1)c1ccccc1NCc1cnc(Cl)s1. The molecule has 1 N–H and O–H groups in total. The van der Waals surface area contributed by atoms with Crippen LogP contribution in [-0.2, 0) is 16.4 Å². The Morgan fingerprint density at radius 2 is 1.74 bits per heavy atom. The molecule has 3 rings (SSSR count). The van der Waals surface area contributed by atoms with Crippen molar-refractivity contribution in [3.63, 3.8) is 0 Å². The Morgan fingerprint density at radius 3 is 2.43 bits per heavy atom. The summed E-state index contributed by atoms with van der Waals surface area (Å²) in [6.45, 7) is 0.464. The molecular weight excluding hydrogens is 352 g/mol. The lowest BCUT2D eigenvalue weighted by Gasteiger charge is -2.12. The Kier molecular flexibility index (Phi) is 4.66. The zero-order chi connectivity index (χ0) is 16.3. The van der Waals surface area contributed by atoms with Crippen LogP contribution in [0.1, 0.15) is 4.88 Å². The Balaban J connectivity index is 1.92. The van der Waals surface area contributed by atoms with E-state index >= 15 is 0 Å². The highest BCUT2D eigenvalue weighted by Gasteiger charge is 2.20. The second kappa shape index (κ2) is 6.70. The number of nitrogens with zero attached hydrogens (tertiary/aromatic N) is 1. The molecule has 0 saturated heterocycles. The van der Waals surface area contributed by atoms with E-state index in [2.05, 4.69) is 10.3 Å². The largest absolute Gasteiger partial charge is 0.379 e. The molecule has 0 aliphatic heterocycles. The number of para-hydroxylation sites is 1. The van der Waals surface area contributed by atoms with Crippen LogP contribution in [0.3, 0.4) is 0 Å². The van der Waals surface area contributed by atoms with Crippen molar-refractivity contribution in [2.24, 2.45) is 0 Å². The monoisotopic (exact) mass is 364 g/mol. The molecule has 3 aromatic rings. The summed E-state index contributed by atoms with van der Waals surface area (Å²) < 4.78 is 26.1. The average Bonchev–Trinajstić information content (AvgIpc) is 2.99. The third kappa shape index (κ3) is 3.55. The second-order valence-electron chi connectivity index (χ2n) is 4.75. The Bertz CT molecular complexity index is 909. The minimum atomic E-state index is -3.57. The summed E-state index contributed by atoms with van der Waals surface area (Å²) in [5.41, 5.74) is 0.556. The van der Waals surface area contributed by atoms with Crippen molar-refractivity contribution in [3.05, 3.63) is 70.1 Å². The smallest absolute Gasteiger partial charge is 0.208 e. The summed E-state index contributed by atoms with van der Waals surface area (Å²) in [5, 5.41) is 3.15. The first-order valence-corrected chi connectivity index (χ1v) is 9.48. The molecule has 1 heterocycles. The van der Waals surface area contributed by atoms with Gasteiger partial charge in [0, 0.05) is 11.1 Å². The van der Waals surface area contributed by atoms with E-state index in [4.69, 9.17) is 11.6 Å². The van der Waals surface area contributed by atoms with Gasteiger partial charge in [0.1, 0.15) is 0 Å². The molecule has 0 fully saturated rings. The average molecular weight is 365 g/mol. The molecule has 7 heteroatoms. The first-order valence-electron chi connectivity index (χ1n) is 6.80. The zero-order valence-electron chi connectivity index (χ0n) is 11.9. The fourth-order valence-corrected chi connectivity index (χ4v) is 4.50. The molecule has 0 aliphatic rings. The predicted molar refractivity (Wildman–Crippen MR) is 92.8 cm³/mol. The first kappa shape index (κ1) is 16.0. The van der Waals surface area contributed by atoms with Gasteiger partial charge in [-0.15, -0.1) is 11.3 Å². The van der Waals surface area contributed by atoms with Crippen LogP contribution >= 0.6 is 22.9 Å². The van der Waals surface area contributed by atoms with Crippen LogP contribution in [0.15, 0.2) is 70.6 Å². The van der Waals surface area contributed by atoms with Crippen molar-refractivity contribution < 1.29 is 8.42 Å². The molecule has 0 bridgehead atoms. The van der Waals surface area contributed by atoms with Crippen molar-refractivity contribution in [3.8, 4) is 0 Å². The Labute approximate surface area is 143 Å². The molecule has 0 radical (unpaired) electrons. The van der Waals surface area contributed by atoms with E-state index in [1.807, 2.05) is 0 Å². The van der Waals surface area contributed by atoms with Crippen molar-refractivity contribution >= 4 is 38.5 Å². The van der Waals surface area contributed by atoms with Gasteiger partial charge in [-0.1, -0.05) is 41.9 Å². The van der Waals surface area contributed by atoms with Crippen LogP contribution in [0.4, 0.5) is 5.69 Å². The molecule has 0 unspecified atom stereocenters. The van der Waals surface area contributed by atoms with Crippen LogP contribution in [0.5, 0.6) is 0 Å². The molecule has 118 valence electrons. The van der Waals surface area contributed by atoms with Crippen LogP contribution in [0.25, 0.3) is 0 Å². The summed E-state index contributed by atoms with van der Waals surface area (Å²) in [4.78, 5) is 5.43. The Hall–Kier alpha value is -1.89. The van der Waals surface area contributed by atoms with E-state index in [9.17, 15) is 8.42 Å². The van der Waals surface area contributed by atoms with Gasteiger partial charge in [0.25, 0.3) is 0 Å². The fraction of sp³-hybridized carbons (Fsp3) is 0.0625. The van der Waals surface area contributed by atoms with E-state index in [-0.39, 0.29) is 9.79 Å². The van der Waals surface area contributed by atoms with E-state index in [0.717, 1.165) is 4.88 Å². The topological polar surface area (TPSA) is 59.1 Å². The molecule has 23 heavy (non-hydrogen) atoms. The summed E-state index contributed by atoms with van der Waals surface area (Å²) in [6.07, 6.45) is 1.67. The summed E-state index contributed by atoms with van der Waals surface area (Å²) >= 11 is 7.17. The number of thiazole rings is 1. The molecule has 2 aromatic carbocycles. The van der Waals surface area contributed by atoms with Crippen molar-refractivity contribution in [1.29, 1.82) is 0 Å². The van der Waals surface area contributed by atoms with Gasteiger partial charge >= 0.3 is 0 Å². The minimum absolute atomic E-state index is 0.252. The van der Waals surface area contributed by atoms with E-state index in [0.29, 0.717) is 16.7 Å². The third-order valence-corrected chi connectivity index (χ3v) is 6.15. The minimum Gasteiger partial charge on any atom is -0.379 e. The first-order chi connectivity index (χ1) is 11.1. The van der Waals surface area contributed by atoms with Gasteiger partial charge < -0.3 is 5.32 Å². The fourth-order valence-electron chi connectivity index (χ4n) is 2.12. The summed E-state index contributed by atoms with van der Waals surface area (Å²) in [6, 6.07) is 15.3. The van der Waals surface area contributed by atoms with Crippen LogP contribution in [0.2, 0.25) is 4.47 Å². The lowest BCUT2D eigenvalue weighted by molar-refractivity contribution is 0.596. The molecule has 4 nitrogen and oxygen atoms in total. The second-order valence-corrected chi connectivity index (χ2v) is 8.36. The predicted octanol–water partition coefficient (Wildman–Crippen LogP) is 4.24. The number of halogens is 1. The summed E-state index contributed by atoms with van der Waals surface area (Å²) in [5.74, 6) is 0. The maximum Gasteiger partial charge on any atom is 0.208 e. The number of aromatic nitrogens is 1. The quantitative estimate of drug-likeness (QED) is 0.735. The number of nitrogens with one attached hydrogen (secondary N) is 1. The van der Waals surface area contributed by atoms with Gasteiger partial charge in [-0.3, -0.25) is 0 Å².